The van der Waals surface area contributed by atoms with Gasteiger partial charge in [0.05, 0.1) is 31.0 Å². The molecule has 3 saturated heterocycles. The molecule has 0 bridgehead atoms. The molecule has 1 amide bonds. The summed E-state index contributed by atoms with van der Waals surface area (Å²) in [7, 11) is 0. The molecule has 12 heteroatoms. The van der Waals surface area contributed by atoms with Gasteiger partial charge in [-0.3, -0.25) is 9.59 Å². The molecule has 57 heavy (non-hydrogen) atoms. The van der Waals surface area contributed by atoms with Crippen LogP contribution in [0.5, 0.6) is 0 Å². The van der Waals surface area contributed by atoms with Crippen molar-refractivity contribution in [3.05, 3.63) is 12.2 Å². The Morgan fingerprint density at radius 2 is 1.67 bits per heavy atom. The number of esters is 1. The molecule has 0 aromatic rings. The summed E-state index contributed by atoms with van der Waals surface area (Å²) in [5.41, 5.74) is 9.88. The van der Waals surface area contributed by atoms with Gasteiger partial charge < -0.3 is 45.9 Å². The number of unbranched alkanes of at least 4 members (excludes halogenated alkanes) is 12. The number of hydrogen-bond acceptors (Lipinski definition) is 11. The van der Waals surface area contributed by atoms with E-state index in [1.165, 1.54) is 57.8 Å². The molecule has 326 valence electrons. The van der Waals surface area contributed by atoms with Gasteiger partial charge >= 0.3 is 5.97 Å². The molecule has 0 aliphatic carbocycles. The van der Waals surface area contributed by atoms with Gasteiger partial charge in [0.2, 0.25) is 5.91 Å². The first-order valence-electron chi connectivity index (χ1n) is 23.4. The zero-order valence-electron chi connectivity index (χ0n) is 35.8. The number of aliphatic imine (C=N–C) groups is 1. The summed E-state index contributed by atoms with van der Waals surface area (Å²) < 4.78 is 19.6. The van der Waals surface area contributed by atoms with E-state index in [4.69, 9.17) is 30.7 Å². The van der Waals surface area contributed by atoms with E-state index in [9.17, 15) is 14.7 Å². The highest BCUT2D eigenvalue weighted by Crippen LogP contribution is 2.50. The molecule has 5 heterocycles. The van der Waals surface area contributed by atoms with Crippen molar-refractivity contribution in [1.29, 1.82) is 0 Å². The Bertz CT molecular complexity index is 1280. The van der Waals surface area contributed by atoms with Crippen LogP contribution in [0.3, 0.4) is 0 Å². The first-order chi connectivity index (χ1) is 27.7. The van der Waals surface area contributed by atoms with Gasteiger partial charge in [-0.15, -0.1) is 0 Å². The van der Waals surface area contributed by atoms with Crippen LogP contribution >= 0.6 is 0 Å². The van der Waals surface area contributed by atoms with Gasteiger partial charge in [-0.25, -0.2) is 4.99 Å². The monoisotopic (exact) mass is 801 g/mol. The fourth-order valence-electron chi connectivity index (χ4n) is 10.2. The lowest BCUT2D eigenvalue weighted by atomic mass is 9.80. The van der Waals surface area contributed by atoms with Crippen molar-refractivity contribution in [2.24, 2.45) is 22.4 Å². The number of carbonyl (C=O) groups is 2. The number of nitrogens with two attached hydrogens (primary N) is 2. The summed E-state index contributed by atoms with van der Waals surface area (Å²) in [4.78, 5) is 36.3. The maximum atomic E-state index is 14.0. The molecule has 0 unspecified atom stereocenters. The zero-order valence-corrected chi connectivity index (χ0v) is 35.8. The van der Waals surface area contributed by atoms with Crippen molar-refractivity contribution in [3.8, 4) is 0 Å². The third kappa shape index (κ3) is 13.1. The van der Waals surface area contributed by atoms with Gasteiger partial charge in [0.25, 0.3) is 0 Å². The molecule has 0 radical (unpaired) electrons. The predicted octanol–water partition coefficient (Wildman–Crippen LogP) is 6.82. The molecule has 12 nitrogen and oxygen atoms in total. The summed E-state index contributed by atoms with van der Waals surface area (Å²) in [6, 6.07) is 0.328. The van der Waals surface area contributed by atoms with E-state index in [-0.39, 0.29) is 30.1 Å². The van der Waals surface area contributed by atoms with Crippen LogP contribution in [0.1, 0.15) is 174 Å². The highest BCUT2D eigenvalue weighted by molar-refractivity contribution is 5.87. The number of nitrogens with zero attached hydrogens (tertiary/aromatic N) is 3. The average molecular weight is 801 g/mol. The Morgan fingerprint density at radius 3 is 2.33 bits per heavy atom. The third-order valence-electron chi connectivity index (χ3n) is 13.2. The smallest absolute Gasteiger partial charge is 0.316 e. The number of nitrogens with one attached hydrogen (secondary N) is 1. The van der Waals surface area contributed by atoms with E-state index in [0.29, 0.717) is 51.7 Å². The average Bonchev–Trinajstić information content (AvgIpc) is 3.49. The van der Waals surface area contributed by atoms with E-state index in [0.717, 1.165) is 95.9 Å². The summed E-state index contributed by atoms with van der Waals surface area (Å²) in [5, 5.41) is 13.9. The molecule has 3 fully saturated rings. The van der Waals surface area contributed by atoms with Crippen molar-refractivity contribution in [1.82, 2.24) is 15.1 Å². The lowest BCUT2D eigenvalue weighted by molar-refractivity contribution is -0.194. The Balaban J connectivity index is 0.943. The summed E-state index contributed by atoms with van der Waals surface area (Å²) in [5.74, 6) is 0.440. The zero-order chi connectivity index (χ0) is 40.5. The molecule has 0 saturated carbocycles. The number of ether oxygens (including phenoxy) is 3. The number of aliphatic hydroxyl groups is 1. The molecular weight excluding hydrogens is 721 g/mol. The Morgan fingerprint density at radius 1 is 0.965 bits per heavy atom. The second-order valence-corrected chi connectivity index (χ2v) is 17.9. The molecule has 0 aromatic heterocycles. The Kier molecular flexibility index (Phi) is 18.9. The second kappa shape index (κ2) is 23.5. The summed E-state index contributed by atoms with van der Waals surface area (Å²) in [6.07, 6.45) is 29.4. The predicted molar refractivity (Wildman–Crippen MR) is 226 cm³/mol. The fourth-order valence-corrected chi connectivity index (χ4v) is 10.2. The molecule has 8 atom stereocenters. The molecule has 0 aromatic carbocycles. The van der Waals surface area contributed by atoms with Crippen LogP contribution in [0.4, 0.5) is 0 Å². The highest BCUT2D eigenvalue weighted by Gasteiger charge is 2.62. The third-order valence-corrected chi connectivity index (χ3v) is 13.2. The number of rotatable bonds is 25. The largest absolute Gasteiger partial charge is 0.465 e. The van der Waals surface area contributed by atoms with Gasteiger partial charge in [-0.1, -0.05) is 89.7 Å². The number of allylic oxidation sites excluding steroid dienone is 1. The summed E-state index contributed by atoms with van der Waals surface area (Å²) in [6.45, 7) is 6.68. The van der Waals surface area contributed by atoms with Crippen molar-refractivity contribution in [2.45, 2.75) is 216 Å². The van der Waals surface area contributed by atoms with Crippen LogP contribution in [0.25, 0.3) is 0 Å². The molecule has 5 rings (SSSR count). The van der Waals surface area contributed by atoms with Crippen molar-refractivity contribution in [3.63, 3.8) is 0 Å². The van der Waals surface area contributed by atoms with Gasteiger partial charge in [0.1, 0.15) is 11.6 Å². The van der Waals surface area contributed by atoms with Crippen LogP contribution in [0.2, 0.25) is 0 Å². The SMILES string of the molecule is CC[C@H]1C=CCC[C@@]2(C[C@@H]3CC[C@@H]4[C@H](C(=O)OCCCCCCCCCCCCCCCC(=O)N(CCCN)C[C@H](O)CCN)[C@]5(CCC[C@@H](C)O5)N=C(N2)N34)O1. The van der Waals surface area contributed by atoms with Crippen molar-refractivity contribution in [2.75, 3.05) is 32.8 Å². The lowest BCUT2D eigenvalue weighted by Gasteiger charge is -2.55. The normalized spacial score (nSPS) is 29.8. The van der Waals surface area contributed by atoms with E-state index in [2.05, 4.69) is 36.2 Å². The Hall–Kier alpha value is -2.25. The van der Waals surface area contributed by atoms with Crippen LogP contribution in [0, 0.1) is 5.92 Å². The van der Waals surface area contributed by atoms with Gasteiger partial charge in [-0.2, -0.15) is 0 Å². The number of guanidine groups is 1. The number of amides is 1. The Labute approximate surface area is 344 Å². The van der Waals surface area contributed by atoms with Gasteiger partial charge in [0.15, 0.2) is 11.7 Å². The van der Waals surface area contributed by atoms with E-state index in [1.54, 1.807) is 4.90 Å². The van der Waals surface area contributed by atoms with Crippen molar-refractivity contribution < 1.29 is 28.9 Å². The van der Waals surface area contributed by atoms with Crippen LogP contribution < -0.4 is 16.8 Å². The van der Waals surface area contributed by atoms with E-state index in [1.807, 2.05) is 0 Å². The minimum absolute atomic E-state index is 0.0307. The highest BCUT2D eigenvalue weighted by atomic mass is 16.6. The fraction of sp³-hybridized carbons (Fsp3) is 0.889. The minimum atomic E-state index is -0.886. The van der Waals surface area contributed by atoms with Crippen LogP contribution in [-0.4, -0.2) is 107 Å². The van der Waals surface area contributed by atoms with Gasteiger partial charge in [0, 0.05) is 32.0 Å². The summed E-state index contributed by atoms with van der Waals surface area (Å²) >= 11 is 0. The number of carbonyl (C=O) groups excluding carboxylic acids is 2. The molecule has 5 aliphatic rings. The van der Waals surface area contributed by atoms with Crippen LogP contribution in [-0.2, 0) is 23.8 Å². The number of aliphatic hydroxyl groups excluding tert-OH is 1. The maximum Gasteiger partial charge on any atom is 0.316 e. The minimum Gasteiger partial charge on any atom is -0.465 e. The second-order valence-electron chi connectivity index (χ2n) is 17.9. The van der Waals surface area contributed by atoms with E-state index < -0.39 is 23.5 Å². The van der Waals surface area contributed by atoms with Crippen LogP contribution in [0.15, 0.2) is 17.1 Å². The standard InChI is InChI=1S/C45H80N6O6/c1-3-38-22-16-17-27-44(57-38)33-36-24-25-39-41(45(28-19-21-35(2)56-45)49-43(48-44)51(36)39)42(54)55-32-18-14-12-10-8-6-4-5-7-9-11-13-15-23-40(53)50(31-20-29-46)34-37(52)26-30-47/h16,22,35-39,41,52H,3-15,17-21,23-34,46-47H2,1-2H3,(H,48,49)/t35-,36+,37-,38+,39-,41-,44+,45-/m1/s1. The van der Waals surface area contributed by atoms with E-state index >= 15 is 0 Å². The quantitative estimate of drug-likeness (QED) is 0.0438. The first kappa shape index (κ1) is 45.8. The molecule has 5 aliphatic heterocycles. The van der Waals surface area contributed by atoms with Gasteiger partial charge in [-0.05, 0) is 97.1 Å². The molecule has 6 N–H and O–H groups in total. The lowest BCUT2D eigenvalue weighted by Crippen LogP contribution is -2.71. The first-order valence-corrected chi connectivity index (χ1v) is 23.4. The number of hydrogen-bond donors (Lipinski definition) is 4. The maximum absolute atomic E-state index is 14.0. The van der Waals surface area contributed by atoms with Crippen molar-refractivity contribution >= 4 is 17.8 Å². The molecule has 2 spiro atoms. The molecular formula is C45H80N6O6. The topological polar surface area (TPSA) is 165 Å².